The van der Waals surface area contributed by atoms with E-state index < -0.39 is 6.04 Å². The minimum Gasteiger partial charge on any atom is -0.482 e. The highest BCUT2D eigenvalue weighted by molar-refractivity contribution is 9.10. The van der Waals surface area contributed by atoms with Gasteiger partial charge in [-0.2, -0.15) is 0 Å². The summed E-state index contributed by atoms with van der Waals surface area (Å²) in [5, 5.41) is 3.37. The number of rotatable bonds is 10. The maximum Gasteiger partial charge on any atom is 0.261 e. The van der Waals surface area contributed by atoms with Crippen LogP contribution in [-0.2, 0) is 16.1 Å². The summed E-state index contributed by atoms with van der Waals surface area (Å²) in [6, 6.07) is 12.5. The number of benzene rings is 2. The number of ether oxygens (including phenoxy) is 1. The number of carbonyl (C=O) groups excluding carboxylic acids is 2. The first-order valence-corrected chi connectivity index (χ1v) is 11.6. The molecule has 2 rings (SSSR count). The van der Waals surface area contributed by atoms with Gasteiger partial charge in [-0.05, 0) is 48.6 Å². The first kappa shape index (κ1) is 25.2. The van der Waals surface area contributed by atoms with Crippen LogP contribution in [0, 0.1) is 12.8 Å². The second kappa shape index (κ2) is 12.1. The van der Waals surface area contributed by atoms with Gasteiger partial charge >= 0.3 is 0 Å². The Balaban J connectivity index is 2.23. The standard InChI is InChI=1S/C24H30BrClN2O3/c1-5-21(24(30)27-13-16(2)3)28(14-18-9-7-6-8-17(18)4)23(29)15-31-22-11-10-19(25)12-20(22)26/h6-12,16,21H,5,13-15H2,1-4H3,(H,27,30). The number of aryl methyl sites for hydroxylation is 1. The molecule has 0 heterocycles. The first-order chi connectivity index (χ1) is 14.7. The molecule has 0 aromatic heterocycles. The van der Waals surface area contributed by atoms with Crippen molar-refractivity contribution in [1.29, 1.82) is 0 Å². The normalized spacial score (nSPS) is 11.8. The van der Waals surface area contributed by atoms with Crippen LogP contribution >= 0.6 is 27.5 Å². The van der Waals surface area contributed by atoms with Crippen molar-refractivity contribution in [2.75, 3.05) is 13.2 Å². The third-order valence-electron chi connectivity index (χ3n) is 4.92. The largest absolute Gasteiger partial charge is 0.482 e. The van der Waals surface area contributed by atoms with Crippen molar-refractivity contribution in [2.24, 2.45) is 5.92 Å². The molecule has 0 radical (unpaired) electrons. The third kappa shape index (κ3) is 7.54. The summed E-state index contributed by atoms with van der Waals surface area (Å²) in [4.78, 5) is 27.7. The highest BCUT2D eigenvalue weighted by Crippen LogP contribution is 2.28. The number of halogens is 2. The van der Waals surface area contributed by atoms with E-state index in [4.69, 9.17) is 16.3 Å². The van der Waals surface area contributed by atoms with E-state index in [2.05, 4.69) is 21.2 Å². The van der Waals surface area contributed by atoms with Crippen molar-refractivity contribution in [3.8, 4) is 5.75 Å². The summed E-state index contributed by atoms with van der Waals surface area (Å²) >= 11 is 9.56. The van der Waals surface area contributed by atoms with Crippen LogP contribution in [0.1, 0.15) is 38.3 Å². The lowest BCUT2D eigenvalue weighted by Crippen LogP contribution is -2.50. The lowest BCUT2D eigenvalue weighted by molar-refractivity contribution is -0.143. The van der Waals surface area contributed by atoms with Gasteiger partial charge in [-0.1, -0.05) is 72.6 Å². The summed E-state index contributed by atoms with van der Waals surface area (Å²) in [5.41, 5.74) is 2.06. The fraction of sp³-hybridized carbons (Fsp3) is 0.417. The molecule has 2 aromatic rings. The van der Waals surface area contributed by atoms with Crippen LogP contribution in [0.4, 0.5) is 0 Å². The maximum absolute atomic E-state index is 13.2. The third-order valence-corrected chi connectivity index (χ3v) is 5.71. The van der Waals surface area contributed by atoms with Crippen molar-refractivity contribution >= 4 is 39.3 Å². The molecule has 2 amide bonds. The first-order valence-electron chi connectivity index (χ1n) is 10.4. The Morgan fingerprint density at radius 3 is 2.52 bits per heavy atom. The highest BCUT2D eigenvalue weighted by atomic mass is 79.9. The Bertz CT molecular complexity index is 904. The summed E-state index contributed by atoms with van der Waals surface area (Å²) in [6.07, 6.45) is 0.501. The van der Waals surface area contributed by atoms with E-state index in [9.17, 15) is 9.59 Å². The van der Waals surface area contributed by atoms with Crippen molar-refractivity contribution < 1.29 is 14.3 Å². The van der Waals surface area contributed by atoms with Gasteiger partial charge in [0.15, 0.2) is 6.61 Å². The molecule has 2 aromatic carbocycles. The summed E-state index contributed by atoms with van der Waals surface area (Å²) < 4.78 is 6.52. The Morgan fingerprint density at radius 2 is 1.90 bits per heavy atom. The van der Waals surface area contributed by atoms with E-state index >= 15 is 0 Å². The summed E-state index contributed by atoms with van der Waals surface area (Å²) in [7, 11) is 0. The average Bonchev–Trinajstić information content (AvgIpc) is 2.72. The fourth-order valence-corrected chi connectivity index (χ4v) is 3.86. The molecule has 0 aliphatic heterocycles. The van der Waals surface area contributed by atoms with E-state index in [1.807, 2.05) is 52.0 Å². The van der Waals surface area contributed by atoms with E-state index in [0.29, 0.717) is 36.2 Å². The zero-order chi connectivity index (χ0) is 23.0. The van der Waals surface area contributed by atoms with Gasteiger partial charge < -0.3 is 15.0 Å². The molecule has 1 atom stereocenters. The number of carbonyl (C=O) groups is 2. The molecule has 0 spiro atoms. The van der Waals surface area contributed by atoms with Gasteiger partial charge in [-0.3, -0.25) is 9.59 Å². The minimum absolute atomic E-state index is 0.153. The predicted molar refractivity (Wildman–Crippen MR) is 128 cm³/mol. The second-order valence-corrected chi connectivity index (χ2v) is 9.20. The number of hydrogen-bond donors (Lipinski definition) is 1. The van der Waals surface area contributed by atoms with E-state index in [0.717, 1.165) is 15.6 Å². The zero-order valence-electron chi connectivity index (χ0n) is 18.5. The Labute approximate surface area is 198 Å². The number of nitrogens with one attached hydrogen (secondary N) is 1. The van der Waals surface area contributed by atoms with Gasteiger partial charge in [0.05, 0.1) is 5.02 Å². The maximum atomic E-state index is 13.2. The number of amides is 2. The lowest BCUT2D eigenvalue weighted by atomic mass is 10.1. The molecule has 1 N–H and O–H groups in total. The monoisotopic (exact) mass is 508 g/mol. The quantitative estimate of drug-likeness (QED) is 0.468. The van der Waals surface area contributed by atoms with Gasteiger partial charge in [0.1, 0.15) is 11.8 Å². The molecule has 5 nitrogen and oxygen atoms in total. The molecular formula is C24H30BrClN2O3. The van der Waals surface area contributed by atoms with Crippen LogP contribution in [0.15, 0.2) is 46.9 Å². The predicted octanol–water partition coefficient (Wildman–Crippen LogP) is 5.37. The minimum atomic E-state index is -0.588. The molecule has 0 bridgehead atoms. The molecule has 0 aliphatic carbocycles. The summed E-state index contributed by atoms with van der Waals surface area (Å²) in [5.74, 6) is 0.324. The van der Waals surface area contributed by atoms with Crippen LogP contribution < -0.4 is 10.1 Å². The van der Waals surface area contributed by atoms with Crippen LogP contribution in [-0.4, -0.2) is 35.9 Å². The van der Waals surface area contributed by atoms with Gasteiger partial charge in [-0.25, -0.2) is 0 Å². The molecule has 1 unspecified atom stereocenters. The van der Waals surface area contributed by atoms with Crippen LogP contribution in [0.25, 0.3) is 0 Å². The fourth-order valence-electron chi connectivity index (χ4n) is 3.13. The lowest BCUT2D eigenvalue weighted by Gasteiger charge is -2.31. The molecule has 0 fully saturated rings. The van der Waals surface area contributed by atoms with E-state index in [-0.39, 0.29) is 18.4 Å². The van der Waals surface area contributed by atoms with E-state index in [1.54, 1.807) is 23.1 Å². The van der Waals surface area contributed by atoms with Crippen molar-refractivity contribution in [3.05, 3.63) is 63.1 Å². The van der Waals surface area contributed by atoms with Crippen molar-refractivity contribution in [3.63, 3.8) is 0 Å². The smallest absolute Gasteiger partial charge is 0.261 e. The molecule has 0 saturated carbocycles. The van der Waals surface area contributed by atoms with Gasteiger partial charge in [0, 0.05) is 17.6 Å². The zero-order valence-corrected chi connectivity index (χ0v) is 20.8. The second-order valence-electron chi connectivity index (χ2n) is 7.87. The molecule has 0 saturated heterocycles. The molecule has 0 aliphatic rings. The molecular weight excluding hydrogens is 480 g/mol. The van der Waals surface area contributed by atoms with Crippen LogP contribution in [0.2, 0.25) is 5.02 Å². The molecule has 31 heavy (non-hydrogen) atoms. The molecule has 7 heteroatoms. The Hall–Kier alpha value is -2.05. The van der Waals surface area contributed by atoms with E-state index in [1.165, 1.54) is 0 Å². The number of hydrogen-bond acceptors (Lipinski definition) is 3. The highest BCUT2D eigenvalue weighted by Gasteiger charge is 2.29. The summed E-state index contributed by atoms with van der Waals surface area (Å²) in [6.45, 7) is 8.66. The SMILES string of the molecule is CCC(C(=O)NCC(C)C)N(Cc1ccccc1C)C(=O)COc1ccc(Br)cc1Cl. The molecule has 168 valence electrons. The average molecular weight is 510 g/mol. The van der Waals surface area contributed by atoms with Gasteiger partial charge in [0.2, 0.25) is 5.91 Å². The van der Waals surface area contributed by atoms with Crippen molar-refractivity contribution in [1.82, 2.24) is 10.2 Å². The number of nitrogens with zero attached hydrogens (tertiary/aromatic N) is 1. The Kier molecular flexibility index (Phi) is 9.85. The van der Waals surface area contributed by atoms with Crippen LogP contribution in [0.5, 0.6) is 5.75 Å². The van der Waals surface area contributed by atoms with Gasteiger partial charge in [0.25, 0.3) is 5.91 Å². The van der Waals surface area contributed by atoms with Gasteiger partial charge in [-0.15, -0.1) is 0 Å². The van der Waals surface area contributed by atoms with Crippen LogP contribution in [0.3, 0.4) is 0 Å². The van der Waals surface area contributed by atoms with Crippen molar-refractivity contribution in [2.45, 2.75) is 46.7 Å². The Morgan fingerprint density at radius 1 is 1.19 bits per heavy atom. The topological polar surface area (TPSA) is 58.6 Å².